The first-order valence-electron chi connectivity index (χ1n) is 5.83. The van der Waals surface area contributed by atoms with E-state index in [4.69, 9.17) is 10.5 Å². The molecule has 2 N–H and O–H groups in total. The Morgan fingerprint density at radius 1 is 1.47 bits per heavy atom. The van der Waals surface area contributed by atoms with Gasteiger partial charge in [0.15, 0.2) is 0 Å². The first-order chi connectivity index (χ1) is 7.78. The monoisotopic (exact) mass is 256 g/mol. The van der Waals surface area contributed by atoms with Crippen LogP contribution in [-0.2, 0) is 11.3 Å². The first-order valence-corrected chi connectivity index (χ1v) is 5.83. The van der Waals surface area contributed by atoms with Crippen LogP contribution in [-0.4, -0.2) is 31.7 Å². The van der Waals surface area contributed by atoms with E-state index in [1.807, 2.05) is 12.1 Å². The standard InChI is InChI=1S/C13H20N2O.ClH/c1-16-10-12-5-6-15(9-12)8-11-3-2-4-13(14)7-11;/h2-4,7,12H,5-6,8-10,14H2,1H3;1H. The molecular formula is C13H21ClN2O. The molecule has 2 rings (SSSR count). The average molecular weight is 257 g/mol. The third-order valence-corrected chi connectivity index (χ3v) is 3.13. The van der Waals surface area contributed by atoms with E-state index in [2.05, 4.69) is 17.0 Å². The zero-order valence-electron chi connectivity index (χ0n) is 10.3. The molecule has 1 aromatic carbocycles. The van der Waals surface area contributed by atoms with Crippen LogP contribution < -0.4 is 5.73 Å². The Labute approximate surface area is 109 Å². The van der Waals surface area contributed by atoms with Crippen LogP contribution in [0.15, 0.2) is 24.3 Å². The molecule has 1 saturated heterocycles. The molecule has 1 heterocycles. The Kier molecular flexibility index (Phi) is 5.75. The summed E-state index contributed by atoms with van der Waals surface area (Å²) in [6.45, 7) is 4.20. The number of methoxy groups -OCH3 is 1. The number of likely N-dealkylation sites (tertiary alicyclic amines) is 1. The van der Waals surface area contributed by atoms with Crippen molar-refractivity contribution in [2.45, 2.75) is 13.0 Å². The normalized spacial score (nSPS) is 20.2. The van der Waals surface area contributed by atoms with Crippen LogP contribution >= 0.6 is 12.4 Å². The number of nitrogens with two attached hydrogens (primary N) is 1. The summed E-state index contributed by atoms with van der Waals surface area (Å²) in [7, 11) is 1.78. The first kappa shape index (κ1) is 14.3. The highest BCUT2D eigenvalue weighted by atomic mass is 35.5. The van der Waals surface area contributed by atoms with Gasteiger partial charge in [-0.2, -0.15) is 0 Å². The molecule has 0 amide bonds. The van der Waals surface area contributed by atoms with Crippen LogP contribution in [0.5, 0.6) is 0 Å². The molecule has 0 spiro atoms. The fourth-order valence-electron chi connectivity index (χ4n) is 2.38. The van der Waals surface area contributed by atoms with E-state index in [1.165, 1.54) is 18.5 Å². The number of hydrogen-bond donors (Lipinski definition) is 1. The van der Waals surface area contributed by atoms with Crippen molar-refractivity contribution in [3.63, 3.8) is 0 Å². The Balaban J connectivity index is 0.00000144. The lowest BCUT2D eigenvalue weighted by atomic mass is 10.1. The van der Waals surface area contributed by atoms with E-state index in [1.54, 1.807) is 7.11 Å². The molecule has 0 bridgehead atoms. The second-order valence-corrected chi connectivity index (χ2v) is 4.59. The van der Waals surface area contributed by atoms with Gasteiger partial charge in [-0.3, -0.25) is 4.90 Å². The Morgan fingerprint density at radius 3 is 3.00 bits per heavy atom. The smallest absolute Gasteiger partial charge is 0.0503 e. The minimum absolute atomic E-state index is 0. The highest BCUT2D eigenvalue weighted by molar-refractivity contribution is 5.85. The summed E-state index contributed by atoms with van der Waals surface area (Å²) < 4.78 is 5.20. The van der Waals surface area contributed by atoms with Crippen molar-refractivity contribution in [1.29, 1.82) is 0 Å². The summed E-state index contributed by atoms with van der Waals surface area (Å²) in [4.78, 5) is 2.47. The SMILES string of the molecule is COCC1CCN(Cc2cccc(N)c2)C1.Cl. The number of nitrogen functional groups attached to an aromatic ring is 1. The second kappa shape index (κ2) is 6.84. The zero-order chi connectivity index (χ0) is 11.4. The van der Waals surface area contributed by atoms with Gasteiger partial charge >= 0.3 is 0 Å². The van der Waals surface area contributed by atoms with E-state index in [9.17, 15) is 0 Å². The average Bonchev–Trinajstić information content (AvgIpc) is 2.66. The van der Waals surface area contributed by atoms with Crippen LogP contribution in [0.4, 0.5) is 5.69 Å². The maximum atomic E-state index is 5.77. The van der Waals surface area contributed by atoms with Crippen LogP contribution in [0.1, 0.15) is 12.0 Å². The summed E-state index contributed by atoms with van der Waals surface area (Å²) in [6, 6.07) is 8.15. The zero-order valence-corrected chi connectivity index (χ0v) is 11.1. The predicted octanol–water partition coefficient (Wildman–Crippen LogP) is 2.16. The Hall–Kier alpha value is -0.770. The van der Waals surface area contributed by atoms with Crippen LogP contribution in [0, 0.1) is 5.92 Å². The number of nitrogens with zero attached hydrogens (tertiary/aromatic N) is 1. The topological polar surface area (TPSA) is 38.5 Å². The minimum atomic E-state index is 0. The third kappa shape index (κ3) is 4.19. The van der Waals surface area contributed by atoms with Gasteiger partial charge in [0, 0.05) is 25.9 Å². The Morgan fingerprint density at radius 2 is 2.29 bits per heavy atom. The molecule has 1 aliphatic heterocycles. The number of benzene rings is 1. The predicted molar refractivity (Wildman–Crippen MR) is 73.4 cm³/mol. The van der Waals surface area contributed by atoms with Gasteiger partial charge in [0.05, 0.1) is 6.61 Å². The lowest BCUT2D eigenvalue weighted by Gasteiger charge is -2.16. The third-order valence-electron chi connectivity index (χ3n) is 3.13. The van der Waals surface area contributed by atoms with Crippen LogP contribution in [0.2, 0.25) is 0 Å². The van der Waals surface area contributed by atoms with E-state index < -0.39 is 0 Å². The van der Waals surface area contributed by atoms with Crippen molar-refractivity contribution in [2.24, 2.45) is 5.92 Å². The number of rotatable bonds is 4. The molecule has 0 saturated carbocycles. The van der Waals surface area contributed by atoms with Crippen molar-refractivity contribution < 1.29 is 4.74 Å². The highest BCUT2D eigenvalue weighted by Gasteiger charge is 2.21. The lowest BCUT2D eigenvalue weighted by molar-refractivity contribution is 0.152. The van der Waals surface area contributed by atoms with Crippen molar-refractivity contribution in [2.75, 3.05) is 32.5 Å². The number of ether oxygens (including phenoxy) is 1. The molecule has 0 aliphatic carbocycles. The van der Waals surface area contributed by atoms with Gasteiger partial charge in [-0.25, -0.2) is 0 Å². The summed E-state index contributed by atoms with van der Waals surface area (Å²) in [5.41, 5.74) is 7.93. The fraction of sp³-hybridized carbons (Fsp3) is 0.538. The summed E-state index contributed by atoms with van der Waals surface area (Å²) in [5, 5.41) is 0. The van der Waals surface area contributed by atoms with Crippen LogP contribution in [0.3, 0.4) is 0 Å². The van der Waals surface area contributed by atoms with Crippen molar-refractivity contribution in [3.05, 3.63) is 29.8 Å². The van der Waals surface area contributed by atoms with Crippen molar-refractivity contribution in [3.8, 4) is 0 Å². The quantitative estimate of drug-likeness (QED) is 0.839. The van der Waals surface area contributed by atoms with Gasteiger partial charge in [-0.1, -0.05) is 12.1 Å². The maximum Gasteiger partial charge on any atom is 0.0503 e. The summed E-state index contributed by atoms with van der Waals surface area (Å²) >= 11 is 0. The molecular weight excluding hydrogens is 236 g/mol. The van der Waals surface area contributed by atoms with E-state index in [0.717, 1.165) is 25.4 Å². The van der Waals surface area contributed by atoms with E-state index >= 15 is 0 Å². The molecule has 17 heavy (non-hydrogen) atoms. The highest BCUT2D eigenvalue weighted by Crippen LogP contribution is 2.19. The molecule has 1 aliphatic rings. The van der Waals surface area contributed by atoms with Crippen molar-refractivity contribution in [1.82, 2.24) is 4.90 Å². The molecule has 1 unspecified atom stereocenters. The minimum Gasteiger partial charge on any atom is -0.399 e. The maximum absolute atomic E-state index is 5.77. The van der Waals surface area contributed by atoms with Gasteiger partial charge in [0.2, 0.25) is 0 Å². The number of anilines is 1. The lowest BCUT2D eigenvalue weighted by Crippen LogP contribution is -2.21. The van der Waals surface area contributed by atoms with Gasteiger partial charge in [-0.05, 0) is 36.6 Å². The molecule has 1 aromatic rings. The fourth-order valence-corrected chi connectivity index (χ4v) is 2.38. The molecule has 96 valence electrons. The summed E-state index contributed by atoms with van der Waals surface area (Å²) in [5.74, 6) is 0.700. The Bertz CT molecular complexity index is 346. The largest absolute Gasteiger partial charge is 0.399 e. The van der Waals surface area contributed by atoms with Gasteiger partial charge < -0.3 is 10.5 Å². The molecule has 4 heteroatoms. The van der Waals surface area contributed by atoms with Gasteiger partial charge in [0.25, 0.3) is 0 Å². The molecule has 0 aromatic heterocycles. The van der Waals surface area contributed by atoms with E-state index in [-0.39, 0.29) is 12.4 Å². The second-order valence-electron chi connectivity index (χ2n) is 4.59. The van der Waals surface area contributed by atoms with Crippen LogP contribution in [0.25, 0.3) is 0 Å². The number of hydrogen-bond acceptors (Lipinski definition) is 3. The van der Waals surface area contributed by atoms with Gasteiger partial charge in [0.1, 0.15) is 0 Å². The molecule has 3 nitrogen and oxygen atoms in total. The van der Waals surface area contributed by atoms with Gasteiger partial charge in [-0.15, -0.1) is 12.4 Å². The molecule has 0 radical (unpaired) electrons. The van der Waals surface area contributed by atoms with Crippen molar-refractivity contribution >= 4 is 18.1 Å². The summed E-state index contributed by atoms with van der Waals surface area (Å²) in [6.07, 6.45) is 1.25. The number of halogens is 1. The van der Waals surface area contributed by atoms with E-state index in [0.29, 0.717) is 5.92 Å². The molecule has 1 fully saturated rings. The molecule has 1 atom stereocenters.